The second-order valence-corrected chi connectivity index (χ2v) is 15.2. The highest BCUT2D eigenvalue weighted by molar-refractivity contribution is 7.25. The van der Waals surface area contributed by atoms with E-state index in [2.05, 4.69) is 199 Å². The van der Waals surface area contributed by atoms with Crippen LogP contribution < -0.4 is 4.90 Å². The Morgan fingerprint density at radius 1 is 0.382 bits per heavy atom. The van der Waals surface area contributed by atoms with Crippen molar-refractivity contribution in [1.29, 1.82) is 0 Å². The summed E-state index contributed by atoms with van der Waals surface area (Å²) in [5.74, 6) is 0. The van der Waals surface area contributed by atoms with E-state index in [1.54, 1.807) is 0 Å². The van der Waals surface area contributed by atoms with Gasteiger partial charge in [0.1, 0.15) is 5.58 Å². The number of fused-ring (bicyclic) bond motifs is 7. The van der Waals surface area contributed by atoms with E-state index in [4.69, 9.17) is 4.42 Å². The lowest BCUT2D eigenvalue weighted by molar-refractivity contribution is 0.669. The van der Waals surface area contributed by atoms with E-state index >= 15 is 0 Å². The fourth-order valence-corrected chi connectivity index (χ4v) is 9.24. The molecule has 3 heteroatoms. The highest BCUT2D eigenvalue weighted by Gasteiger charge is 2.23. The molecule has 0 aliphatic rings. The molecule has 2 heterocycles. The van der Waals surface area contributed by atoms with Gasteiger partial charge in [-0.25, -0.2) is 0 Å². The van der Waals surface area contributed by atoms with Crippen LogP contribution in [0.2, 0.25) is 0 Å². The third-order valence-corrected chi connectivity index (χ3v) is 12.0. The third-order valence-electron chi connectivity index (χ3n) is 10.9. The lowest BCUT2D eigenvalue weighted by Crippen LogP contribution is -2.10. The minimum absolute atomic E-state index is 0.867. The zero-order chi connectivity index (χ0) is 36.3. The molecule has 0 bridgehead atoms. The smallest absolute Gasteiger partial charge is 0.160 e. The molecule has 0 spiro atoms. The molecule has 0 saturated heterocycles. The molecule has 0 amide bonds. The second-order valence-electron chi connectivity index (χ2n) is 14.1. The molecule has 0 unspecified atom stereocenters. The molecule has 0 fully saturated rings. The van der Waals surface area contributed by atoms with Gasteiger partial charge in [0.15, 0.2) is 5.58 Å². The summed E-state index contributed by atoms with van der Waals surface area (Å²) in [7, 11) is 0. The van der Waals surface area contributed by atoms with Crippen LogP contribution in [-0.2, 0) is 0 Å². The van der Waals surface area contributed by atoms with E-state index in [9.17, 15) is 0 Å². The Bertz CT molecular complexity index is 3190. The van der Waals surface area contributed by atoms with Gasteiger partial charge in [-0.1, -0.05) is 146 Å². The normalized spacial score (nSPS) is 11.6. The Morgan fingerprint density at radius 2 is 1.00 bits per heavy atom. The molecule has 55 heavy (non-hydrogen) atoms. The topological polar surface area (TPSA) is 16.4 Å². The number of anilines is 3. The number of hydrogen-bond donors (Lipinski definition) is 0. The summed E-state index contributed by atoms with van der Waals surface area (Å²) in [6.07, 6.45) is 0. The van der Waals surface area contributed by atoms with Crippen molar-refractivity contribution >= 4 is 81.3 Å². The van der Waals surface area contributed by atoms with Crippen LogP contribution >= 0.6 is 11.3 Å². The Balaban J connectivity index is 1.05. The molecule has 0 saturated carbocycles. The monoisotopic (exact) mass is 719 g/mol. The molecule has 11 rings (SSSR count). The number of rotatable bonds is 6. The summed E-state index contributed by atoms with van der Waals surface area (Å²) in [5.41, 5.74) is 12.0. The van der Waals surface area contributed by atoms with E-state index in [1.165, 1.54) is 58.8 Å². The van der Waals surface area contributed by atoms with Crippen LogP contribution in [0, 0.1) is 0 Å². The number of furan rings is 1. The molecule has 0 atom stereocenters. The maximum Gasteiger partial charge on any atom is 0.160 e. The number of nitrogens with zero attached hydrogens (tertiary/aromatic N) is 1. The lowest BCUT2D eigenvalue weighted by Gasteiger charge is -2.26. The maximum atomic E-state index is 6.84. The van der Waals surface area contributed by atoms with Crippen LogP contribution in [0.5, 0.6) is 0 Å². The van der Waals surface area contributed by atoms with E-state index in [1.807, 2.05) is 17.4 Å². The van der Waals surface area contributed by atoms with E-state index in [-0.39, 0.29) is 0 Å². The van der Waals surface area contributed by atoms with E-state index in [0.717, 1.165) is 44.6 Å². The van der Waals surface area contributed by atoms with Gasteiger partial charge in [0.25, 0.3) is 0 Å². The Morgan fingerprint density at radius 3 is 1.82 bits per heavy atom. The van der Waals surface area contributed by atoms with Crippen molar-refractivity contribution in [1.82, 2.24) is 0 Å². The van der Waals surface area contributed by atoms with Gasteiger partial charge < -0.3 is 9.32 Å². The van der Waals surface area contributed by atoms with Gasteiger partial charge in [-0.15, -0.1) is 11.3 Å². The highest BCUT2D eigenvalue weighted by Crippen LogP contribution is 2.47. The molecule has 0 radical (unpaired) electrons. The van der Waals surface area contributed by atoms with Crippen molar-refractivity contribution in [3.63, 3.8) is 0 Å². The van der Waals surface area contributed by atoms with Crippen LogP contribution in [0.25, 0.3) is 86.3 Å². The summed E-state index contributed by atoms with van der Waals surface area (Å²) in [5, 5.41) is 7.28. The van der Waals surface area contributed by atoms with Crippen molar-refractivity contribution in [2.24, 2.45) is 0 Å². The number of benzene rings is 9. The highest BCUT2D eigenvalue weighted by atomic mass is 32.1. The molecule has 0 aliphatic heterocycles. The van der Waals surface area contributed by atoms with Crippen molar-refractivity contribution in [2.75, 3.05) is 4.90 Å². The van der Waals surface area contributed by atoms with Crippen molar-refractivity contribution in [3.05, 3.63) is 200 Å². The van der Waals surface area contributed by atoms with Crippen molar-refractivity contribution < 1.29 is 4.42 Å². The standard InChI is InChI=1S/C52H33NOS/c1-2-11-38(12-3-1)43-29-30-47(52-51(43)45-15-6-8-16-48(45)54-52)53(42-28-31-50-46(33-42)44-14-7-9-17-49(44)55-50)41-26-24-36(25-27-41)35-18-20-37(21-19-35)40-23-22-34-10-4-5-13-39(34)32-40/h1-33H. The minimum Gasteiger partial charge on any atom is -0.454 e. The zero-order valence-corrected chi connectivity index (χ0v) is 30.6. The molecule has 0 N–H and O–H groups in total. The first-order valence-electron chi connectivity index (χ1n) is 18.7. The second kappa shape index (κ2) is 12.9. The first kappa shape index (κ1) is 31.6. The third kappa shape index (κ3) is 5.40. The molecular weight excluding hydrogens is 687 g/mol. The average Bonchev–Trinajstić information content (AvgIpc) is 3.83. The van der Waals surface area contributed by atoms with Crippen LogP contribution in [0.4, 0.5) is 17.1 Å². The molecule has 258 valence electrons. The molecular formula is C52H33NOS. The lowest BCUT2D eigenvalue weighted by atomic mass is 9.97. The first-order valence-corrected chi connectivity index (χ1v) is 19.5. The van der Waals surface area contributed by atoms with E-state index in [0.29, 0.717) is 0 Å². The van der Waals surface area contributed by atoms with Crippen LogP contribution in [0.15, 0.2) is 205 Å². The Kier molecular flexibility index (Phi) is 7.39. The molecule has 0 aliphatic carbocycles. The molecule has 11 aromatic rings. The minimum atomic E-state index is 0.867. The fourth-order valence-electron chi connectivity index (χ4n) is 8.16. The summed E-state index contributed by atoms with van der Waals surface area (Å²) >= 11 is 1.84. The average molecular weight is 720 g/mol. The number of para-hydroxylation sites is 1. The van der Waals surface area contributed by atoms with Gasteiger partial charge in [-0.05, 0) is 98.8 Å². The van der Waals surface area contributed by atoms with Gasteiger partial charge in [0.05, 0.1) is 5.69 Å². The van der Waals surface area contributed by atoms with Gasteiger partial charge in [0.2, 0.25) is 0 Å². The maximum absolute atomic E-state index is 6.84. The van der Waals surface area contributed by atoms with Gasteiger partial charge in [0, 0.05) is 42.3 Å². The SMILES string of the molecule is c1ccc(-c2ccc(N(c3ccc(-c4ccc(-c5ccc6ccccc6c5)cc4)cc3)c3ccc4sc5ccccc5c4c3)c3oc4ccccc4c23)cc1. The summed E-state index contributed by atoms with van der Waals surface area (Å²) in [6.45, 7) is 0. The fraction of sp³-hybridized carbons (Fsp3) is 0. The van der Waals surface area contributed by atoms with E-state index < -0.39 is 0 Å². The van der Waals surface area contributed by atoms with Gasteiger partial charge >= 0.3 is 0 Å². The van der Waals surface area contributed by atoms with Crippen LogP contribution in [0.3, 0.4) is 0 Å². The number of hydrogen-bond acceptors (Lipinski definition) is 3. The summed E-state index contributed by atoms with van der Waals surface area (Å²) in [4.78, 5) is 2.36. The number of thiophene rings is 1. The molecule has 9 aromatic carbocycles. The Labute approximate surface area is 322 Å². The largest absolute Gasteiger partial charge is 0.454 e. The zero-order valence-electron chi connectivity index (χ0n) is 29.8. The quantitative estimate of drug-likeness (QED) is 0.170. The summed E-state index contributed by atoms with van der Waals surface area (Å²) in [6, 6.07) is 72.1. The summed E-state index contributed by atoms with van der Waals surface area (Å²) < 4.78 is 9.41. The van der Waals surface area contributed by atoms with Gasteiger partial charge in [-0.3, -0.25) is 0 Å². The van der Waals surface area contributed by atoms with Crippen LogP contribution in [0.1, 0.15) is 0 Å². The first-order chi connectivity index (χ1) is 27.2. The Hall–Kier alpha value is -6.94. The predicted octanol–water partition coefficient (Wildman–Crippen LogP) is 15.6. The van der Waals surface area contributed by atoms with Crippen molar-refractivity contribution in [3.8, 4) is 33.4 Å². The van der Waals surface area contributed by atoms with Gasteiger partial charge in [-0.2, -0.15) is 0 Å². The predicted molar refractivity (Wildman–Crippen MR) is 235 cm³/mol. The molecule has 2 nitrogen and oxygen atoms in total. The van der Waals surface area contributed by atoms with Crippen LogP contribution in [-0.4, -0.2) is 0 Å². The molecule has 2 aromatic heterocycles. The van der Waals surface area contributed by atoms with Crippen molar-refractivity contribution in [2.45, 2.75) is 0 Å².